The normalized spacial score (nSPS) is 16.6. The van der Waals surface area contributed by atoms with E-state index in [1.807, 2.05) is 6.92 Å². The van der Waals surface area contributed by atoms with Gasteiger partial charge in [-0.2, -0.15) is 0 Å². The van der Waals surface area contributed by atoms with Crippen molar-refractivity contribution in [3.05, 3.63) is 47.2 Å². The van der Waals surface area contributed by atoms with Crippen molar-refractivity contribution in [2.45, 2.75) is 13.3 Å². The Hall–Kier alpha value is -4.13. The number of fused-ring (bicyclic) bond motifs is 1. The molecule has 3 N–H and O–H groups in total. The van der Waals surface area contributed by atoms with Gasteiger partial charge < -0.3 is 16.0 Å². The minimum atomic E-state index is -0.720. The number of hydrogen-bond donors (Lipinski definition) is 3. The highest BCUT2D eigenvalue weighted by atomic mass is 19.1. The van der Waals surface area contributed by atoms with Gasteiger partial charge in [0.2, 0.25) is 5.91 Å². The van der Waals surface area contributed by atoms with Crippen molar-refractivity contribution in [3.63, 3.8) is 0 Å². The van der Waals surface area contributed by atoms with Crippen LogP contribution in [0.25, 0.3) is 10.9 Å². The standard InChI is InChI=1S/C22H20FN7O2/c1-11-6-14(11)22(32)28-18-8-15-12(9-27-20(24-2)19(15)30-29-18)4-5-13-7-17(23)16(10-26-13)21(31)25-3/h7-11,14H,6H2,1-3H3,(H,24,27)(H,25,31)(H,28,29,32)/t11-,14+/m1/s1. The number of hydrogen-bond acceptors (Lipinski definition) is 7. The minimum Gasteiger partial charge on any atom is -0.371 e. The van der Waals surface area contributed by atoms with E-state index in [4.69, 9.17) is 0 Å². The molecule has 2 atom stereocenters. The number of nitrogens with one attached hydrogen (secondary N) is 3. The van der Waals surface area contributed by atoms with Gasteiger partial charge in [-0.25, -0.2) is 14.4 Å². The molecule has 4 rings (SSSR count). The number of carbonyl (C=O) groups excluding carboxylic acids is 2. The van der Waals surface area contributed by atoms with Crippen molar-refractivity contribution in [1.82, 2.24) is 25.5 Å². The fraction of sp³-hybridized carbons (Fsp3) is 0.273. The number of halogens is 1. The second kappa shape index (κ2) is 8.55. The summed E-state index contributed by atoms with van der Waals surface area (Å²) < 4.78 is 14.2. The predicted octanol–water partition coefficient (Wildman–Crippen LogP) is 1.95. The lowest BCUT2D eigenvalue weighted by atomic mass is 10.1. The summed E-state index contributed by atoms with van der Waals surface area (Å²) in [6.45, 7) is 2.02. The van der Waals surface area contributed by atoms with Gasteiger partial charge in [-0.15, -0.1) is 10.2 Å². The number of aromatic nitrogens is 4. The van der Waals surface area contributed by atoms with Crippen LogP contribution in [0.4, 0.5) is 16.0 Å². The van der Waals surface area contributed by atoms with Crippen LogP contribution in [0.15, 0.2) is 24.5 Å². The van der Waals surface area contributed by atoms with Crippen LogP contribution in [0.3, 0.4) is 0 Å². The zero-order valence-corrected chi connectivity index (χ0v) is 17.7. The Labute approximate surface area is 183 Å². The minimum absolute atomic E-state index is 0.00389. The first kappa shape index (κ1) is 21.1. The van der Waals surface area contributed by atoms with E-state index in [9.17, 15) is 14.0 Å². The highest BCUT2D eigenvalue weighted by molar-refractivity contribution is 5.98. The zero-order valence-electron chi connectivity index (χ0n) is 17.7. The van der Waals surface area contributed by atoms with Gasteiger partial charge in [-0.1, -0.05) is 12.8 Å². The maximum absolute atomic E-state index is 14.2. The largest absolute Gasteiger partial charge is 0.371 e. The van der Waals surface area contributed by atoms with E-state index in [1.165, 1.54) is 7.05 Å². The quantitative estimate of drug-likeness (QED) is 0.538. The number of anilines is 2. The number of amides is 2. The Morgan fingerprint density at radius 2 is 1.91 bits per heavy atom. The Bertz CT molecular complexity index is 1300. The maximum atomic E-state index is 14.2. The lowest BCUT2D eigenvalue weighted by molar-refractivity contribution is -0.117. The van der Waals surface area contributed by atoms with E-state index in [-0.39, 0.29) is 23.1 Å². The Balaban J connectivity index is 1.69. The first-order valence-electron chi connectivity index (χ1n) is 9.96. The predicted molar refractivity (Wildman–Crippen MR) is 116 cm³/mol. The molecule has 9 nitrogen and oxygen atoms in total. The van der Waals surface area contributed by atoms with Crippen molar-refractivity contribution in [2.24, 2.45) is 11.8 Å². The molecule has 162 valence electrons. The SMILES string of the molecule is CNC(=O)c1cnc(C#Cc2cnc(NC)c3nnc(NC(=O)[C@H]4C[C@H]4C)cc23)cc1F. The molecule has 32 heavy (non-hydrogen) atoms. The third-order valence-electron chi connectivity index (χ3n) is 5.22. The van der Waals surface area contributed by atoms with Crippen molar-refractivity contribution < 1.29 is 14.0 Å². The highest BCUT2D eigenvalue weighted by Gasteiger charge is 2.39. The summed E-state index contributed by atoms with van der Waals surface area (Å²) in [5.74, 6) is 5.51. The van der Waals surface area contributed by atoms with Gasteiger partial charge in [0.15, 0.2) is 11.6 Å². The maximum Gasteiger partial charge on any atom is 0.255 e. The monoisotopic (exact) mass is 433 g/mol. The average Bonchev–Trinajstić information content (AvgIpc) is 3.53. The molecular formula is C22H20FN7O2. The molecule has 0 spiro atoms. The van der Waals surface area contributed by atoms with Gasteiger partial charge in [0.25, 0.3) is 5.91 Å². The van der Waals surface area contributed by atoms with Crippen molar-refractivity contribution in [1.29, 1.82) is 0 Å². The van der Waals surface area contributed by atoms with Crippen LogP contribution in [-0.2, 0) is 4.79 Å². The van der Waals surface area contributed by atoms with Crippen LogP contribution in [0.2, 0.25) is 0 Å². The van der Waals surface area contributed by atoms with E-state index in [0.29, 0.717) is 34.0 Å². The third kappa shape index (κ3) is 4.18. The van der Waals surface area contributed by atoms with Crippen molar-refractivity contribution in [3.8, 4) is 11.8 Å². The Morgan fingerprint density at radius 3 is 2.56 bits per heavy atom. The summed E-state index contributed by atoms with van der Waals surface area (Å²) >= 11 is 0. The summed E-state index contributed by atoms with van der Waals surface area (Å²) in [6.07, 6.45) is 3.54. The molecule has 1 aliphatic carbocycles. The van der Waals surface area contributed by atoms with E-state index >= 15 is 0 Å². The van der Waals surface area contributed by atoms with Crippen LogP contribution in [0, 0.1) is 29.5 Å². The number of carbonyl (C=O) groups is 2. The summed E-state index contributed by atoms with van der Waals surface area (Å²) in [5.41, 5.74) is 0.969. The van der Waals surface area contributed by atoms with Gasteiger partial charge in [0.05, 0.1) is 11.1 Å². The summed E-state index contributed by atoms with van der Waals surface area (Å²) in [7, 11) is 3.12. The zero-order chi connectivity index (χ0) is 22.8. The molecule has 0 aliphatic heterocycles. The van der Waals surface area contributed by atoms with E-state index < -0.39 is 11.7 Å². The molecule has 1 fully saturated rings. The van der Waals surface area contributed by atoms with E-state index in [2.05, 4.69) is 48.0 Å². The highest BCUT2D eigenvalue weighted by Crippen LogP contribution is 2.38. The van der Waals surface area contributed by atoms with Crippen LogP contribution < -0.4 is 16.0 Å². The Kier molecular flexibility index (Phi) is 5.64. The first-order chi connectivity index (χ1) is 15.4. The van der Waals surface area contributed by atoms with Gasteiger partial charge in [0, 0.05) is 43.9 Å². The fourth-order valence-electron chi connectivity index (χ4n) is 3.21. The number of nitrogens with zero attached hydrogens (tertiary/aromatic N) is 4. The van der Waals surface area contributed by atoms with Crippen molar-refractivity contribution >= 4 is 34.4 Å². The first-order valence-corrected chi connectivity index (χ1v) is 9.96. The van der Waals surface area contributed by atoms with Gasteiger partial charge in [-0.05, 0) is 24.3 Å². The molecule has 10 heteroatoms. The van der Waals surface area contributed by atoms with Crippen LogP contribution in [-0.4, -0.2) is 46.1 Å². The fourth-order valence-corrected chi connectivity index (χ4v) is 3.21. The average molecular weight is 433 g/mol. The molecule has 3 heterocycles. The molecule has 0 unspecified atom stereocenters. The molecule has 0 bridgehead atoms. The van der Waals surface area contributed by atoms with Gasteiger partial charge in [-0.3, -0.25) is 9.59 Å². The molecule has 1 aliphatic rings. The number of rotatable bonds is 4. The lowest BCUT2D eigenvalue weighted by Crippen LogP contribution is -2.19. The topological polar surface area (TPSA) is 122 Å². The molecule has 1 saturated carbocycles. The summed E-state index contributed by atoms with van der Waals surface area (Å²) in [6, 6.07) is 2.78. The third-order valence-corrected chi connectivity index (χ3v) is 5.22. The lowest BCUT2D eigenvalue weighted by Gasteiger charge is -2.08. The second-order valence-electron chi connectivity index (χ2n) is 7.45. The molecule has 0 radical (unpaired) electrons. The van der Waals surface area contributed by atoms with E-state index in [0.717, 1.165) is 18.7 Å². The summed E-state index contributed by atoms with van der Waals surface area (Å²) in [4.78, 5) is 32.2. The Morgan fingerprint density at radius 1 is 1.12 bits per heavy atom. The van der Waals surface area contributed by atoms with Crippen LogP contribution >= 0.6 is 0 Å². The molecule has 3 aromatic rings. The molecule has 2 amide bonds. The van der Waals surface area contributed by atoms with Crippen LogP contribution in [0.5, 0.6) is 0 Å². The molecule has 0 saturated heterocycles. The van der Waals surface area contributed by atoms with Gasteiger partial charge >= 0.3 is 0 Å². The number of pyridine rings is 2. The smallest absolute Gasteiger partial charge is 0.255 e. The molecule has 3 aromatic heterocycles. The molecule has 0 aromatic carbocycles. The van der Waals surface area contributed by atoms with Crippen LogP contribution in [0.1, 0.15) is 35.0 Å². The van der Waals surface area contributed by atoms with Gasteiger partial charge in [0.1, 0.15) is 17.0 Å². The second-order valence-corrected chi connectivity index (χ2v) is 7.45. The van der Waals surface area contributed by atoms with E-state index in [1.54, 1.807) is 19.3 Å². The molecular weight excluding hydrogens is 413 g/mol. The van der Waals surface area contributed by atoms with Crippen molar-refractivity contribution in [2.75, 3.05) is 24.7 Å². The summed E-state index contributed by atoms with van der Waals surface area (Å²) in [5, 5.41) is 17.0.